The Hall–Kier alpha value is -3.31. The summed E-state index contributed by atoms with van der Waals surface area (Å²) < 4.78 is 37.0. The predicted octanol–water partition coefficient (Wildman–Crippen LogP) is 5.58. The molecular formula is C40H63N3O10. The second kappa shape index (κ2) is 17.9. The van der Waals surface area contributed by atoms with Crippen molar-refractivity contribution in [1.29, 1.82) is 0 Å². The molecule has 0 bridgehead atoms. The zero-order valence-electron chi connectivity index (χ0n) is 34.2. The molecule has 0 unspecified atom stereocenters. The number of cyclic esters (lactones) is 1. The Bertz CT molecular complexity index is 1480. The monoisotopic (exact) mass is 745 g/mol. The van der Waals surface area contributed by atoms with E-state index in [1.54, 1.807) is 41.5 Å². The van der Waals surface area contributed by atoms with Crippen molar-refractivity contribution in [3.8, 4) is 11.8 Å². The van der Waals surface area contributed by atoms with Gasteiger partial charge in [-0.15, -0.1) is 0 Å². The van der Waals surface area contributed by atoms with Crippen molar-refractivity contribution in [1.82, 2.24) is 15.2 Å². The van der Waals surface area contributed by atoms with Gasteiger partial charge in [-0.1, -0.05) is 54.4 Å². The number of rotatable bonds is 6. The number of aromatic nitrogens is 1. The maximum Gasteiger partial charge on any atom is 0.408 e. The van der Waals surface area contributed by atoms with Gasteiger partial charge in [-0.2, -0.15) is 0 Å². The quantitative estimate of drug-likeness (QED) is 0.220. The molecule has 3 fully saturated rings. The normalized spacial score (nSPS) is 37.9. The lowest BCUT2D eigenvalue weighted by molar-refractivity contribution is -0.282. The third kappa shape index (κ3) is 9.50. The molecule has 53 heavy (non-hydrogen) atoms. The van der Waals surface area contributed by atoms with E-state index in [0.717, 1.165) is 6.42 Å². The molecule has 12 atom stereocenters. The number of esters is 1. The summed E-state index contributed by atoms with van der Waals surface area (Å²) in [5.74, 6) is 2.15. The lowest BCUT2D eigenvalue weighted by Gasteiger charge is -2.48. The molecule has 13 heteroatoms. The Kier molecular flexibility index (Phi) is 14.9. The van der Waals surface area contributed by atoms with Crippen LogP contribution in [0.15, 0.2) is 16.9 Å². The standard InChI is InChI=1S/C38H57N3O10.C2H6/c1-13-27-38(10)30(40-35(45)51-38)24(5)29(42)21(2)20-37(9,47-17-14-15-28-39-16-18-46-28)32(25(6)31(43)36(7,8)34(44)49-27)50-33-23(4)26(41(11)12)19-22(3)48-33;1-2/h16,18,21-27,30,32-33H,13,17,19-20H2,1-12H3,(H,40,45);1-2H3/t21-,22-,23-,24+,25+,26+,27-,30-,32-,33+,37+,38-;/m1./s1. The lowest BCUT2D eigenvalue weighted by atomic mass is 9.71. The topological polar surface area (TPSA) is 156 Å². The summed E-state index contributed by atoms with van der Waals surface area (Å²) >= 11 is 0. The minimum atomic E-state index is -1.64. The molecule has 4 rings (SSSR count). The third-order valence-corrected chi connectivity index (χ3v) is 11.2. The average Bonchev–Trinajstić information content (AvgIpc) is 3.75. The van der Waals surface area contributed by atoms with Gasteiger partial charge in [-0.3, -0.25) is 14.4 Å². The third-order valence-electron chi connectivity index (χ3n) is 11.2. The number of ketones is 2. The maximum absolute atomic E-state index is 14.6. The first kappa shape index (κ1) is 44.1. The fourth-order valence-electron chi connectivity index (χ4n) is 8.23. The number of Topliss-reactive ketones (excluding diaryl/α,β-unsaturated/α-hetero) is 2. The molecule has 4 heterocycles. The highest BCUT2D eigenvalue weighted by Crippen LogP contribution is 2.42. The molecule has 3 aliphatic heterocycles. The van der Waals surface area contributed by atoms with Crippen LogP contribution in [0.3, 0.4) is 0 Å². The van der Waals surface area contributed by atoms with E-state index in [4.69, 9.17) is 28.1 Å². The zero-order valence-corrected chi connectivity index (χ0v) is 34.2. The van der Waals surface area contributed by atoms with Crippen LogP contribution in [0.2, 0.25) is 0 Å². The largest absolute Gasteiger partial charge is 0.457 e. The number of carbonyl (C=O) groups is 4. The highest BCUT2D eigenvalue weighted by atomic mass is 16.7. The first-order valence-electron chi connectivity index (χ1n) is 19.0. The number of hydrogen-bond acceptors (Lipinski definition) is 12. The molecule has 1 amide bonds. The van der Waals surface area contributed by atoms with Crippen LogP contribution in [0.4, 0.5) is 4.79 Å². The van der Waals surface area contributed by atoms with Crippen LogP contribution in [0, 0.1) is 40.9 Å². The minimum Gasteiger partial charge on any atom is -0.457 e. The zero-order chi connectivity index (χ0) is 40.1. The van der Waals surface area contributed by atoms with Gasteiger partial charge in [0.05, 0.1) is 30.0 Å². The first-order valence-corrected chi connectivity index (χ1v) is 19.0. The van der Waals surface area contributed by atoms with Crippen LogP contribution in [-0.2, 0) is 38.1 Å². The van der Waals surface area contributed by atoms with Crippen LogP contribution in [0.5, 0.6) is 0 Å². The number of oxazole rings is 1. The van der Waals surface area contributed by atoms with Gasteiger partial charge in [0.15, 0.2) is 17.7 Å². The van der Waals surface area contributed by atoms with Crippen LogP contribution < -0.4 is 5.32 Å². The molecule has 0 aromatic carbocycles. The second-order valence-corrected chi connectivity index (χ2v) is 15.8. The van der Waals surface area contributed by atoms with E-state index >= 15 is 0 Å². The average molecular weight is 746 g/mol. The van der Waals surface area contributed by atoms with Crippen LogP contribution in [-0.4, -0.2) is 102 Å². The van der Waals surface area contributed by atoms with Crippen LogP contribution in [0.25, 0.3) is 0 Å². The number of nitrogens with one attached hydrogen (secondary N) is 1. The molecule has 0 saturated carbocycles. The summed E-state index contributed by atoms with van der Waals surface area (Å²) in [5.41, 5.74) is -4.33. The van der Waals surface area contributed by atoms with Gasteiger partial charge >= 0.3 is 12.1 Å². The minimum absolute atomic E-state index is 0.105. The van der Waals surface area contributed by atoms with Crippen molar-refractivity contribution in [3.05, 3.63) is 18.4 Å². The summed E-state index contributed by atoms with van der Waals surface area (Å²) in [6.07, 6.45) is 0.559. The fraction of sp³-hybridized carbons (Fsp3) is 0.775. The number of alkyl carbamates (subject to hydrolysis) is 1. The molecule has 3 saturated heterocycles. The van der Waals surface area contributed by atoms with Gasteiger partial charge in [0.2, 0.25) is 0 Å². The molecule has 0 radical (unpaired) electrons. The summed E-state index contributed by atoms with van der Waals surface area (Å²) in [4.78, 5) is 61.9. The highest BCUT2D eigenvalue weighted by Gasteiger charge is 2.58. The van der Waals surface area contributed by atoms with E-state index in [-0.39, 0.29) is 49.2 Å². The number of amides is 1. The van der Waals surface area contributed by atoms with E-state index in [0.29, 0.717) is 0 Å². The summed E-state index contributed by atoms with van der Waals surface area (Å²) in [7, 11) is 4.03. The molecule has 13 nitrogen and oxygen atoms in total. The predicted molar refractivity (Wildman–Crippen MR) is 197 cm³/mol. The number of ether oxygens (including phenoxy) is 5. The van der Waals surface area contributed by atoms with Crippen molar-refractivity contribution in [2.24, 2.45) is 29.1 Å². The Morgan fingerprint density at radius 1 is 1.02 bits per heavy atom. The lowest BCUT2D eigenvalue weighted by Crippen LogP contribution is -2.60. The van der Waals surface area contributed by atoms with E-state index in [2.05, 4.69) is 27.0 Å². The summed E-state index contributed by atoms with van der Waals surface area (Å²) in [6.45, 7) is 21.5. The Balaban J connectivity index is 0.00000372. The van der Waals surface area contributed by atoms with Gasteiger partial charge < -0.3 is 38.3 Å². The molecule has 0 aliphatic carbocycles. The van der Waals surface area contributed by atoms with E-state index in [1.165, 1.54) is 26.3 Å². The van der Waals surface area contributed by atoms with E-state index < -0.39 is 76.8 Å². The number of carbonyl (C=O) groups excluding carboxylic acids is 4. The Morgan fingerprint density at radius 2 is 1.68 bits per heavy atom. The second-order valence-electron chi connectivity index (χ2n) is 15.8. The SMILES string of the molecule is CC.CC[C@H]1OC(=O)C(C)(C)C(=O)[C@H](C)[C@@H](O[C@@H]2O[C@H](C)C[C@H](N(C)C)[C@H]2C)[C@@](C)(OCC#Cc2ncco2)C[C@@H](C)C(=O)[C@H](C)[C@H]2NC(=O)O[C@@]21C. The molecule has 3 aliphatic rings. The van der Waals surface area contributed by atoms with Crippen LogP contribution >= 0.6 is 0 Å². The van der Waals surface area contributed by atoms with Gasteiger partial charge in [0, 0.05) is 29.7 Å². The van der Waals surface area contributed by atoms with Gasteiger partial charge in [0.25, 0.3) is 5.89 Å². The number of fused-ring (bicyclic) bond motifs is 1. The maximum atomic E-state index is 14.6. The Morgan fingerprint density at radius 3 is 2.26 bits per heavy atom. The van der Waals surface area contributed by atoms with Crippen LogP contribution in [0.1, 0.15) is 108 Å². The van der Waals surface area contributed by atoms with Gasteiger partial charge in [-0.05, 0) is 73.9 Å². The highest BCUT2D eigenvalue weighted by molar-refractivity contribution is 6.04. The Labute approximate surface area is 315 Å². The van der Waals surface area contributed by atoms with E-state index in [9.17, 15) is 19.2 Å². The molecular weight excluding hydrogens is 682 g/mol. The van der Waals surface area contributed by atoms with Crippen molar-refractivity contribution >= 4 is 23.6 Å². The molecule has 298 valence electrons. The smallest absolute Gasteiger partial charge is 0.408 e. The number of hydrogen-bond donors (Lipinski definition) is 1. The molecule has 1 aromatic heterocycles. The molecule has 0 spiro atoms. The molecule has 1 aromatic rings. The number of nitrogens with zero attached hydrogens (tertiary/aromatic N) is 2. The molecule has 1 N–H and O–H groups in total. The summed E-state index contributed by atoms with van der Waals surface area (Å²) in [5, 5.41) is 2.80. The van der Waals surface area contributed by atoms with E-state index in [1.807, 2.05) is 41.8 Å². The summed E-state index contributed by atoms with van der Waals surface area (Å²) in [6, 6.07) is -0.691. The first-order chi connectivity index (χ1) is 24.8. The van der Waals surface area contributed by atoms with Crippen molar-refractivity contribution in [2.45, 2.75) is 150 Å². The van der Waals surface area contributed by atoms with Crippen molar-refractivity contribution in [3.63, 3.8) is 0 Å². The van der Waals surface area contributed by atoms with Crippen molar-refractivity contribution in [2.75, 3.05) is 20.7 Å². The van der Waals surface area contributed by atoms with Gasteiger partial charge in [0.1, 0.15) is 30.2 Å². The fourth-order valence-corrected chi connectivity index (χ4v) is 8.23. The van der Waals surface area contributed by atoms with Gasteiger partial charge in [-0.25, -0.2) is 9.78 Å². The van der Waals surface area contributed by atoms with Crippen molar-refractivity contribution < 1.29 is 47.3 Å².